The summed E-state index contributed by atoms with van der Waals surface area (Å²) in [4.78, 5) is 18.7. The van der Waals surface area contributed by atoms with Crippen molar-refractivity contribution < 1.29 is 19.4 Å². The molecule has 1 N–H and O–H groups in total. The first-order valence-electron chi connectivity index (χ1n) is 11.6. The van der Waals surface area contributed by atoms with Gasteiger partial charge in [0, 0.05) is 31.6 Å². The number of methoxy groups -OCH3 is 1. The number of hydrogen-bond donors (Lipinski definition) is 1. The zero-order chi connectivity index (χ0) is 23.6. The fourth-order valence-corrected chi connectivity index (χ4v) is 5.05. The molecule has 0 fully saturated rings. The minimum absolute atomic E-state index is 0.0522. The summed E-state index contributed by atoms with van der Waals surface area (Å²) >= 11 is 1.75. The minimum Gasteiger partial charge on any atom is -0.491 e. The van der Waals surface area contributed by atoms with Crippen molar-refractivity contribution in [1.82, 2.24) is 9.80 Å². The van der Waals surface area contributed by atoms with Crippen LogP contribution >= 0.6 is 11.3 Å². The number of rotatable bonds is 13. The number of benzene rings is 1. The Bertz CT molecular complexity index is 883. The van der Waals surface area contributed by atoms with Crippen LogP contribution in [0.2, 0.25) is 0 Å². The van der Waals surface area contributed by atoms with E-state index in [1.165, 1.54) is 16.0 Å². The van der Waals surface area contributed by atoms with Crippen LogP contribution in [0.5, 0.6) is 5.75 Å². The van der Waals surface area contributed by atoms with E-state index in [1.807, 2.05) is 41.0 Å². The maximum Gasteiger partial charge on any atom is 0.237 e. The molecule has 180 valence electrons. The Morgan fingerprint density at radius 1 is 1.36 bits per heavy atom. The molecule has 1 aromatic carbocycles. The average Bonchev–Trinajstić information content (AvgIpc) is 3.29. The van der Waals surface area contributed by atoms with Crippen LogP contribution < -0.4 is 4.74 Å². The van der Waals surface area contributed by atoms with E-state index in [-0.39, 0.29) is 18.5 Å². The van der Waals surface area contributed by atoms with E-state index in [9.17, 15) is 9.90 Å². The third kappa shape index (κ3) is 7.40. The number of thiophene rings is 1. The lowest BCUT2D eigenvalue weighted by Gasteiger charge is -2.37. The van der Waals surface area contributed by atoms with Gasteiger partial charge in [-0.25, -0.2) is 0 Å². The number of aliphatic hydroxyl groups excluding tert-OH is 1. The number of aliphatic hydroxyl groups is 1. The van der Waals surface area contributed by atoms with Crippen LogP contribution in [-0.4, -0.2) is 73.4 Å². The van der Waals surface area contributed by atoms with Gasteiger partial charge < -0.3 is 19.5 Å². The van der Waals surface area contributed by atoms with Gasteiger partial charge in [0.05, 0.1) is 25.3 Å². The van der Waals surface area contributed by atoms with E-state index in [2.05, 4.69) is 18.0 Å². The quantitative estimate of drug-likeness (QED) is 0.449. The second-order valence-electron chi connectivity index (χ2n) is 8.52. The molecule has 7 heteroatoms. The van der Waals surface area contributed by atoms with Crippen molar-refractivity contribution in [1.29, 1.82) is 0 Å². The lowest BCUT2D eigenvalue weighted by Crippen LogP contribution is -2.48. The molecule has 1 aliphatic heterocycles. The summed E-state index contributed by atoms with van der Waals surface area (Å²) in [5, 5.41) is 12.5. The van der Waals surface area contributed by atoms with Gasteiger partial charge in [-0.05, 0) is 55.3 Å². The van der Waals surface area contributed by atoms with Crippen LogP contribution in [0, 0.1) is 6.92 Å². The molecule has 0 bridgehead atoms. The number of carbonyl (C=O) groups excluding carboxylic acids is 1. The molecule has 33 heavy (non-hydrogen) atoms. The third-order valence-corrected chi connectivity index (χ3v) is 6.98. The maximum absolute atomic E-state index is 13.5. The molecule has 0 saturated heterocycles. The van der Waals surface area contributed by atoms with Gasteiger partial charge >= 0.3 is 0 Å². The molecule has 1 aliphatic rings. The fraction of sp³-hybridized carbons (Fsp3) is 0.500. The van der Waals surface area contributed by atoms with Gasteiger partial charge in [-0.2, -0.15) is 0 Å². The van der Waals surface area contributed by atoms with Crippen molar-refractivity contribution in [3.8, 4) is 5.75 Å². The monoisotopic (exact) mass is 472 g/mol. The summed E-state index contributed by atoms with van der Waals surface area (Å²) in [6.07, 6.45) is 3.55. The molecular formula is C26H36N2O4S. The Morgan fingerprint density at radius 3 is 2.88 bits per heavy atom. The summed E-state index contributed by atoms with van der Waals surface area (Å²) in [6, 6.07) is 9.99. The lowest BCUT2D eigenvalue weighted by molar-refractivity contribution is -0.136. The number of ether oxygens (including phenoxy) is 2. The van der Waals surface area contributed by atoms with E-state index in [0.717, 1.165) is 18.6 Å². The highest BCUT2D eigenvalue weighted by atomic mass is 32.1. The molecule has 0 unspecified atom stereocenters. The molecule has 0 aliphatic carbocycles. The third-order valence-electron chi connectivity index (χ3n) is 5.99. The zero-order valence-electron chi connectivity index (χ0n) is 19.7. The number of amides is 1. The SMILES string of the molecule is C=CCC[C@H](O)CN(CCOC)CC(=O)N1CCc2sccc2[C@H]1COc1ccc(C)cc1. The predicted octanol–water partition coefficient (Wildman–Crippen LogP) is 3.84. The van der Waals surface area contributed by atoms with Crippen LogP contribution in [0.15, 0.2) is 48.4 Å². The Kier molecular flexibility index (Phi) is 9.94. The van der Waals surface area contributed by atoms with Gasteiger partial charge in [0.1, 0.15) is 12.4 Å². The summed E-state index contributed by atoms with van der Waals surface area (Å²) in [6.45, 7) is 8.64. The van der Waals surface area contributed by atoms with Crippen LogP contribution in [0.4, 0.5) is 0 Å². The van der Waals surface area contributed by atoms with Crippen LogP contribution in [0.3, 0.4) is 0 Å². The summed E-state index contributed by atoms with van der Waals surface area (Å²) in [5.41, 5.74) is 2.37. The van der Waals surface area contributed by atoms with E-state index >= 15 is 0 Å². The largest absolute Gasteiger partial charge is 0.491 e. The summed E-state index contributed by atoms with van der Waals surface area (Å²) in [5.74, 6) is 0.860. The normalized spacial score (nSPS) is 16.5. The molecule has 0 spiro atoms. The van der Waals surface area contributed by atoms with Crippen molar-refractivity contribution in [2.75, 3.05) is 46.5 Å². The molecule has 0 radical (unpaired) electrons. The van der Waals surface area contributed by atoms with E-state index < -0.39 is 6.10 Å². The number of carbonyl (C=O) groups is 1. The Morgan fingerprint density at radius 2 is 2.15 bits per heavy atom. The van der Waals surface area contributed by atoms with Gasteiger partial charge in [0.15, 0.2) is 0 Å². The molecule has 0 saturated carbocycles. The first kappa shape index (κ1) is 25.4. The summed E-state index contributed by atoms with van der Waals surface area (Å²) < 4.78 is 11.3. The Balaban J connectivity index is 1.69. The molecule has 3 rings (SSSR count). The molecule has 1 amide bonds. The predicted molar refractivity (Wildman–Crippen MR) is 133 cm³/mol. The Labute approximate surface area is 201 Å². The van der Waals surface area contributed by atoms with Gasteiger partial charge in [0.25, 0.3) is 0 Å². The first-order chi connectivity index (χ1) is 16.0. The van der Waals surface area contributed by atoms with Crippen molar-refractivity contribution in [2.24, 2.45) is 0 Å². The van der Waals surface area contributed by atoms with Crippen molar-refractivity contribution in [3.05, 3.63) is 64.4 Å². The maximum atomic E-state index is 13.5. The van der Waals surface area contributed by atoms with Crippen LogP contribution in [0.25, 0.3) is 0 Å². The van der Waals surface area contributed by atoms with E-state index in [1.54, 1.807) is 24.5 Å². The highest BCUT2D eigenvalue weighted by Gasteiger charge is 2.33. The molecule has 2 aromatic rings. The van der Waals surface area contributed by atoms with E-state index in [0.29, 0.717) is 39.3 Å². The molecular weight excluding hydrogens is 436 g/mol. The molecule has 2 heterocycles. The van der Waals surface area contributed by atoms with Gasteiger partial charge in [-0.1, -0.05) is 23.8 Å². The lowest BCUT2D eigenvalue weighted by atomic mass is 10.0. The molecule has 1 aromatic heterocycles. The summed E-state index contributed by atoms with van der Waals surface area (Å²) in [7, 11) is 1.65. The Hall–Kier alpha value is -2.19. The molecule has 6 nitrogen and oxygen atoms in total. The van der Waals surface area contributed by atoms with Crippen LogP contribution in [-0.2, 0) is 16.0 Å². The van der Waals surface area contributed by atoms with Gasteiger partial charge in [-0.15, -0.1) is 17.9 Å². The van der Waals surface area contributed by atoms with Crippen molar-refractivity contribution in [2.45, 2.75) is 38.3 Å². The number of aryl methyl sites for hydroxylation is 1. The highest BCUT2D eigenvalue weighted by molar-refractivity contribution is 7.10. The first-order valence-corrected chi connectivity index (χ1v) is 12.4. The highest BCUT2D eigenvalue weighted by Crippen LogP contribution is 2.34. The molecule has 2 atom stereocenters. The van der Waals surface area contributed by atoms with Crippen molar-refractivity contribution >= 4 is 17.2 Å². The number of fused-ring (bicyclic) bond motifs is 1. The second kappa shape index (κ2) is 12.9. The number of hydrogen-bond acceptors (Lipinski definition) is 6. The fourth-order valence-electron chi connectivity index (χ4n) is 4.12. The topological polar surface area (TPSA) is 62.2 Å². The second-order valence-corrected chi connectivity index (χ2v) is 9.52. The van der Waals surface area contributed by atoms with Gasteiger partial charge in [-0.3, -0.25) is 9.69 Å². The smallest absolute Gasteiger partial charge is 0.237 e. The van der Waals surface area contributed by atoms with E-state index in [4.69, 9.17) is 9.47 Å². The van der Waals surface area contributed by atoms with Crippen molar-refractivity contribution in [3.63, 3.8) is 0 Å². The number of nitrogens with zero attached hydrogens (tertiary/aromatic N) is 2. The van der Waals surface area contributed by atoms with Crippen LogP contribution in [0.1, 0.15) is 34.9 Å². The average molecular weight is 473 g/mol. The van der Waals surface area contributed by atoms with Gasteiger partial charge in [0.2, 0.25) is 5.91 Å². The minimum atomic E-state index is -0.502. The number of allylic oxidation sites excluding steroid dienone is 1. The standard InChI is InChI=1S/C26H36N2O4S/c1-4-5-6-21(29)17-27(14-15-31-3)18-26(30)28-13-11-25-23(12-16-33-25)24(28)19-32-22-9-7-20(2)8-10-22/h4,7-10,12,16,21,24,29H,1,5-6,11,13-15,17-19H2,2-3H3/t21-,24+/m0/s1. The zero-order valence-corrected chi connectivity index (χ0v) is 20.6.